The molecule has 1 aliphatic heterocycles. The number of pyridine rings is 1. The van der Waals surface area contributed by atoms with Gasteiger partial charge in [-0.25, -0.2) is 4.79 Å². The van der Waals surface area contributed by atoms with Crippen molar-refractivity contribution < 1.29 is 23.1 Å². The molecular weight excluding hydrogens is 305 g/mol. The highest BCUT2D eigenvalue weighted by atomic mass is 79.9. The van der Waals surface area contributed by atoms with E-state index < -0.39 is 18.3 Å². The van der Waals surface area contributed by atoms with Crippen LogP contribution in [0.5, 0.6) is 0 Å². The highest BCUT2D eigenvalue weighted by Crippen LogP contribution is 2.43. The van der Waals surface area contributed by atoms with E-state index in [1.165, 1.54) is 12.3 Å². The maximum atomic E-state index is 12.8. The summed E-state index contributed by atoms with van der Waals surface area (Å²) in [4.78, 5) is 14.8. The molecular formula is C9H6BrF3N2O2. The minimum absolute atomic E-state index is 0.247. The third kappa shape index (κ3) is 2.08. The van der Waals surface area contributed by atoms with E-state index in [1.54, 1.807) is 0 Å². The quantitative estimate of drug-likeness (QED) is 0.801. The zero-order valence-corrected chi connectivity index (χ0v) is 9.79. The van der Waals surface area contributed by atoms with Crippen molar-refractivity contribution in [3.05, 3.63) is 28.0 Å². The minimum Gasteiger partial charge on any atom is -0.465 e. The summed E-state index contributed by atoms with van der Waals surface area (Å²) in [5, 5.41) is 8.77. The van der Waals surface area contributed by atoms with Crippen LogP contribution in [0, 0.1) is 0 Å². The number of amides is 1. The lowest BCUT2D eigenvalue weighted by molar-refractivity contribution is -0.178. The van der Waals surface area contributed by atoms with Crippen LogP contribution >= 0.6 is 15.9 Å². The Morgan fingerprint density at radius 2 is 2.24 bits per heavy atom. The topological polar surface area (TPSA) is 53.4 Å². The number of halogens is 4. The molecule has 0 saturated heterocycles. The predicted octanol–water partition coefficient (Wildman–Crippen LogP) is 2.94. The van der Waals surface area contributed by atoms with Gasteiger partial charge in [-0.1, -0.05) is 0 Å². The SMILES string of the molecule is O=C(O)N1Cc2cc(Br)cnc2[C@@H]1C(F)(F)F. The lowest BCUT2D eigenvalue weighted by atomic mass is 10.1. The Balaban J connectivity index is 2.51. The van der Waals surface area contributed by atoms with Crippen molar-refractivity contribution >= 4 is 22.0 Å². The standard InChI is InChI=1S/C9H6BrF3N2O2/c10-5-1-4-3-15(8(16)17)7(9(11,12)13)6(4)14-2-5/h1-2,7H,3H2,(H,16,17)/t7-/m1/s1. The van der Waals surface area contributed by atoms with Gasteiger partial charge in [0.2, 0.25) is 0 Å². The van der Waals surface area contributed by atoms with Gasteiger partial charge in [-0.15, -0.1) is 0 Å². The molecule has 1 aromatic heterocycles. The number of fused-ring (bicyclic) bond motifs is 1. The van der Waals surface area contributed by atoms with Gasteiger partial charge in [0.25, 0.3) is 0 Å². The van der Waals surface area contributed by atoms with Crippen molar-refractivity contribution in [1.82, 2.24) is 9.88 Å². The first-order chi connectivity index (χ1) is 7.80. The average molecular weight is 311 g/mol. The zero-order valence-electron chi connectivity index (χ0n) is 8.20. The van der Waals surface area contributed by atoms with E-state index in [9.17, 15) is 18.0 Å². The summed E-state index contributed by atoms with van der Waals surface area (Å²) >= 11 is 3.08. The van der Waals surface area contributed by atoms with Crippen molar-refractivity contribution in [3.63, 3.8) is 0 Å². The van der Waals surface area contributed by atoms with Gasteiger partial charge in [0.05, 0.1) is 12.2 Å². The molecule has 1 aliphatic rings. The van der Waals surface area contributed by atoms with E-state index >= 15 is 0 Å². The Kier molecular flexibility index (Phi) is 2.76. The molecule has 0 saturated carbocycles. The van der Waals surface area contributed by atoms with Gasteiger partial charge in [0, 0.05) is 10.7 Å². The fourth-order valence-corrected chi connectivity index (χ4v) is 2.18. The van der Waals surface area contributed by atoms with Crippen LogP contribution in [0.1, 0.15) is 17.3 Å². The number of hydrogen-bond donors (Lipinski definition) is 1. The van der Waals surface area contributed by atoms with Crippen LogP contribution in [0.3, 0.4) is 0 Å². The molecule has 0 bridgehead atoms. The summed E-state index contributed by atoms with van der Waals surface area (Å²) in [5.74, 6) is 0. The lowest BCUT2D eigenvalue weighted by Crippen LogP contribution is -2.37. The highest BCUT2D eigenvalue weighted by Gasteiger charge is 2.52. The van der Waals surface area contributed by atoms with Crippen LogP contribution in [0.25, 0.3) is 0 Å². The molecule has 17 heavy (non-hydrogen) atoms. The van der Waals surface area contributed by atoms with E-state index in [0.717, 1.165) is 0 Å². The second-order valence-electron chi connectivity index (χ2n) is 3.55. The molecule has 2 rings (SSSR count). The number of carbonyl (C=O) groups is 1. The fraction of sp³-hybridized carbons (Fsp3) is 0.333. The third-order valence-corrected chi connectivity index (χ3v) is 2.87. The Bertz CT molecular complexity index is 478. The Morgan fingerprint density at radius 3 is 2.76 bits per heavy atom. The number of aromatic nitrogens is 1. The van der Waals surface area contributed by atoms with Crippen molar-refractivity contribution in [2.75, 3.05) is 0 Å². The highest BCUT2D eigenvalue weighted by molar-refractivity contribution is 9.10. The van der Waals surface area contributed by atoms with E-state index in [2.05, 4.69) is 20.9 Å². The number of carboxylic acid groups (broad SMARTS) is 1. The maximum absolute atomic E-state index is 12.8. The molecule has 0 fully saturated rings. The minimum atomic E-state index is -4.66. The number of alkyl halides is 3. The van der Waals surface area contributed by atoms with Gasteiger partial charge in [-0.05, 0) is 27.6 Å². The van der Waals surface area contributed by atoms with Crippen molar-refractivity contribution in [3.8, 4) is 0 Å². The number of rotatable bonds is 0. The maximum Gasteiger partial charge on any atom is 0.414 e. The second kappa shape index (κ2) is 3.86. The van der Waals surface area contributed by atoms with Crippen LogP contribution in [0.15, 0.2) is 16.7 Å². The number of hydrogen-bond acceptors (Lipinski definition) is 2. The van der Waals surface area contributed by atoms with E-state index in [0.29, 0.717) is 9.37 Å². The van der Waals surface area contributed by atoms with Crippen molar-refractivity contribution in [2.24, 2.45) is 0 Å². The normalized spacial score (nSPS) is 19.3. The molecule has 0 aliphatic carbocycles. The molecule has 0 spiro atoms. The van der Waals surface area contributed by atoms with Crippen LogP contribution in [0.2, 0.25) is 0 Å². The van der Waals surface area contributed by atoms with E-state index in [4.69, 9.17) is 5.11 Å². The monoisotopic (exact) mass is 310 g/mol. The Morgan fingerprint density at radius 1 is 1.59 bits per heavy atom. The summed E-state index contributed by atoms with van der Waals surface area (Å²) in [6, 6.07) is -0.729. The molecule has 0 radical (unpaired) electrons. The Hall–Kier alpha value is -1.31. The molecule has 92 valence electrons. The fourth-order valence-electron chi connectivity index (χ4n) is 1.80. The van der Waals surface area contributed by atoms with E-state index in [1.807, 2.05) is 0 Å². The summed E-state index contributed by atoms with van der Waals surface area (Å²) in [6.45, 7) is -0.304. The summed E-state index contributed by atoms with van der Waals surface area (Å²) in [5.41, 5.74) is 0.0206. The van der Waals surface area contributed by atoms with Crippen molar-refractivity contribution in [2.45, 2.75) is 18.8 Å². The number of nitrogens with zero attached hydrogens (tertiary/aromatic N) is 2. The van der Waals surface area contributed by atoms with Crippen LogP contribution in [-0.4, -0.2) is 27.3 Å². The molecule has 1 atom stereocenters. The van der Waals surface area contributed by atoms with Gasteiger partial charge in [-0.3, -0.25) is 9.88 Å². The lowest BCUT2D eigenvalue weighted by Gasteiger charge is -2.23. The molecule has 2 heterocycles. The third-order valence-electron chi connectivity index (χ3n) is 2.44. The molecule has 1 aromatic rings. The first kappa shape index (κ1) is 12.2. The first-order valence-electron chi connectivity index (χ1n) is 4.51. The second-order valence-corrected chi connectivity index (χ2v) is 4.47. The van der Waals surface area contributed by atoms with Crippen LogP contribution < -0.4 is 0 Å². The van der Waals surface area contributed by atoms with Crippen LogP contribution in [0.4, 0.5) is 18.0 Å². The largest absolute Gasteiger partial charge is 0.465 e. The van der Waals surface area contributed by atoms with Gasteiger partial charge >= 0.3 is 12.3 Å². The molecule has 8 heteroatoms. The summed E-state index contributed by atoms with van der Waals surface area (Å²) in [6.07, 6.45) is -5.05. The molecule has 4 nitrogen and oxygen atoms in total. The zero-order chi connectivity index (χ0) is 12.8. The van der Waals surface area contributed by atoms with Gasteiger partial charge in [-0.2, -0.15) is 13.2 Å². The van der Waals surface area contributed by atoms with Gasteiger partial charge in [0.15, 0.2) is 6.04 Å². The molecule has 1 amide bonds. The molecule has 0 aromatic carbocycles. The summed E-state index contributed by atoms with van der Waals surface area (Å²) < 4.78 is 38.9. The molecule has 1 N–H and O–H groups in total. The van der Waals surface area contributed by atoms with Gasteiger partial charge < -0.3 is 5.11 Å². The molecule has 0 unspecified atom stereocenters. The van der Waals surface area contributed by atoms with Gasteiger partial charge in [0.1, 0.15) is 0 Å². The predicted molar refractivity (Wildman–Crippen MR) is 54.3 cm³/mol. The summed E-state index contributed by atoms with van der Waals surface area (Å²) in [7, 11) is 0. The Labute approximate surface area is 102 Å². The average Bonchev–Trinajstić information content (AvgIpc) is 2.55. The van der Waals surface area contributed by atoms with Crippen molar-refractivity contribution in [1.29, 1.82) is 0 Å². The van der Waals surface area contributed by atoms with E-state index in [-0.39, 0.29) is 17.8 Å². The smallest absolute Gasteiger partial charge is 0.414 e. The first-order valence-corrected chi connectivity index (χ1v) is 5.30. The van der Waals surface area contributed by atoms with Crippen LogP contribution in [-0.2, 0) is 6.54 Å².